The maximum absolute atomic E-state index is 12.5. The zero-order valence-corrected chi connectivity index (χ0v) is 16.1. The summed E-state index contributed by atoms with van der Waals surface area (Å²) in [7, 11) is 0. The molecule has 1 fully saturated rings. The number of nitrogens with two attached hydrogens (primary N) is 1. The van der Waals surface area contributed by atoms with Gasteiger partial charge >= 0.3 is 12.1 Å². The smallest absolute Gasteiger partial charge is 0.416 e. The Morgan fingerprint density at radius 3 is 1.96 bits per heavy atom. The molecule has 0 aliphatic carbocycles. The molecule has 150 valence electrons. The van der Waals surface area contributed by atoms with Crippen LogP contribution in [0.1, 0.15) is 11.1 Å². The minimum atomic E-state index is -4.33. The third-order valence-corrected chi connectivity index (χ3v) is 3.78. The number of carboxylic acids is 1. The Morgan fingerprint density at radius 2 is 1.58 bits per heavy atom. The molecule has 1 aliphatic rings. The monoisotopic (exact) mass is 437 g/mol. The van der Waals surface area contributed by atoms with E-state index in [9.17, 15) is 18.0 Å². The number of alkyl halides is 3. The van der Waals surface area contributed by atoms with E-state index in [1.54, 1.807) is 4.90 Å². The van der Waals surface area contributed by atoms with Crippen molar-refractivity contribution in [2.45, 2.75) is 12.7 Å². The fourth-order valence-electron chi connectivity index (χ4n) is 2.52. The van der Waals surface area contributed by atoms with Gasteiger partial charge in [0.05, 0.1) is 5.56 Å². The van der Waals surface area contributed by atoms with Crippen LogP contribution < -0.4 is 5.73 Å². The van der Waals surface area contributed by atoms with Gasteiger partial charge < -0.3 is 15.7 Å². The van der Waals surface area contributed by atoms with Crippen LogP contribution in [0.4, 0.5) is 13.2 Å². The normalized spacial score (nSPS) is 15.3. The molecule has 1 saturated heterocycles. The standard InChI is InChI=1S/C15H18F3N3O2.3ClH/c16-15(17,18)12-3-1-11(2-4-12)10-20-5-7-21(8-6-20)13(9-19)14(22)23;;;/h1-4,9H,5-8,10,19H2,(H,22,23);3*1H. The molecule has 1 aromatic rings. The largest absolute Gasteiger partial charge is 0.477 e. The van der Waals surface area contributed by atoms with Crippen LogP contribution in [-0.4, -0.2) is 47.1 Å². The highest BCUT2D eigenvalue weighted by atomic mass is 35.5. The molecular formula is C15H21Cl3F3N3O2. The summed E-state index contributed by atoms with van der Waals surface area (Å²) in [4.78, 5) is 14.8. The second kappa shape index (κ2) is 11.4. The fourth-order valence-corrected chi connectivity index (χ4v) is 2.52. The molecule has 0 amide bonds. The van der Waals surface area contributed by atoms with Gasteiger partial charge in [0.15, 0.2) is 0 Å². The first-order chi connectivity index (χ1) is 10.8. The highest BCUT2D eigenvalue weighted by Gasteiger charge is 2.30. The highest BCUT2D eigenvalue weighted by Crippen LogP contribution is 2.29. The molecule has 1 aromatic carbocycles. The lowest BCUT2D eigenvalue weighted by molar-refractivity contribution is -0.137. The minimum Gasteiger partial charge on any atom is -0.477 e. The molecule has 0 aromatic heterocycles. The van der Waals surface area contributed by atoms with Gasteiger partial charge in [0.2, 0.25) is 0 Å². The Labute approximate surface area is 168 Å². The predicted octanol–water partition coefficient (Wildman–Crippen LogP) is 2.97. The van der Waals surface area contributed by atoms with Crippen molar-refractivity contribution in [3.63, 3.8) is 0 Å². The second-order valence-corrected chi connectivity index (χ2v) is 5.31. The van der Waals surface area contributed by atoms with Crippen molar-refractivity contribution in [2.24, 2.45) is 5.73 Å². The van der Waals surface area contributed by atoms with E-state index in [4.69, 9.17) is 10.8 Å². The first kappa shape index (κ1) is 26.9. The first-order valence-corrected chi connectivity index (χ1v) is 7.10. The number of aliphatic carboxylic acids is 1. The number of nitrogens with zero attached hydrogens (tertiary/aromatic N) is 2. The van der Waals surface area contributed by atoms with Crippen LogP contribution in [0.15, 0.2) is 36.2 Å². The van der Waals surface area contributed by atoms with Crippen LogP contribution in [0, 0.1) is 0 Å². The van der Waals surface area contributed by atoms with E-state index in [1.165, 1.54) is 12.1 Å². The van der Waals surface area contributed by atoms with Gasteiger partial charge in [-0.05, 0) is 17.7 Å². The Kier molecular flexibility index (Phi) is 11.8. The Balaban J connectivity index is 0. The average Bonchev–Trinajstić information content (AvgIpc) is 2.49. The first-order valence-electron chi connectivity index (χ1n) is 7.10. The van der Waals surface area contributed by atoms with E-state index < -0.39 is 17.7 Å². The maximum atomic E-state index is 12.5. The minimum absolute atomic E-state index is 0. The molecule has 1 heterocycles. The topological polar surface area (TPSA) is 69.8 Å². The number of piperazine rings is 1. The quantitative estimate of drug-likeness (QED) is 0.707. The van der Waals surface area contributed by atoms with Gasteiger partial charge in [-0.2, -0.15) is 13.2 Å². The molecule has 2 rings (SSSR count). The fraction of sp³-hybridized carbons (Fsp3) is 0.400. The molecule has 0 unspecified atom stereocenters. The van der Waals surface area contributed by atoms with Crippen molar-refractivity contribution >= 4 is 43.2 Å². The van der Waals surface area contributed by atoms with Crippen LogP contribution in [0.25, 0.3) is 0 Å². The summed E-state index contributed by atoms with van der Waals surface area (Å²) >= 11 is 0. The zero-order chi connectivity index (χ0) is 17.0. The highest BCUT2D eigenvalue weighted by molar-refractivity contribution is 5.86. The third kappa shape index (κ3) is 7.11. The van der Waals surface area contributed by atoms with Gasteiger partial charge in [0, 0.05) is 38.9 Å². The summed E-state index contributed by atoms with van der Waals surface area (Å²) in [6.07, 6.45) is -3.25. The van der Waals surface area contributed by atoms with Gasteiger partial charge in [0.25, 0.3) is 0 Å². The molecular weight excluding hydrogens is 418 g/mol. The number of hydrogen-bond acceptors (Lipinski definition) is 4. The molecule has 0 spiro atoms. The van der Waals surface area contributed by atoms with E-state index in [1.807, 2.05) is 0 Å². The molecule has 11 heteroatoms. The Bertz CT molecular complexity index is 590. The third-order valence-electron chi connectivity index (χ3n) is 3.78. The molecule has 1 aliphatic heterocycles. The van der Waals surface area contributed by atoms with Crippen molar-refractivity contribution in [3.05, 3.63) is 47.3 Å². The summed E-state index contributed by atoms with van der Waals surface area (Å²) in [5.74, 6) is -1.07. The predicted molar refractivity (Wildman–Crippen MR) is 99.9 cm³/mol. The summed E-state index contributed by atoms with van der Waals surface area (Å²) in [5.41, 5.74) is 5.52. The number of carboxylic acid groups (broad SMARTS) is 1. The van der Waals surface area contributed by atoms with Gasteiger partial charge in [-0.3, -0.25) is 4.90 Å². The van der Waals surface area contributed by atoms with Gasteiger partial charge in [-0.15, -0.1) is 37.2 Å². The van der Waals surface area contributed by atoms with Crippen molar-refractivity contribution in [1.82, 2.24) is 9.80 Å². The second-order valence-electron chi connectivity index (χ2n) is 5.31. The maximum Gasteiger partial charge on any atom is 0.416 e. The lowest BCUT2D eigenvalue weighted by atomic mass is 10.1. The van der Waals surface area contributed by atoms with E-state index in [2.05, 4.69) is 4.90 Å². The molecule has 0 atom stereocenters. The average molecular weight is 439 g/mol. The van der Waals surface area contributed by atoms with Crippen LogP contribution in [-0.2, 0) is 17.5 Å². The van der Waals surface area contributed by atoms with Crippen LogP contribution in [0.2, 0.25) is 0 Å². The molecule has 0 saturated carbocycles. The van der Waals surface area contributed by atoms with E-state index >= 15 is 0 Å². The van der Waals surface area contributed by atoms with Crippen LogP contribution in [0.3, 0.4) is 0 Å². The number of halogens is 6. The lowest BCUT2D eigenvalue weighted by Crippen LogP contribution is -2.46. The van der Waals surface area contributed by atoms with Gasteiger partial charge in [-0.1, -0.05) is 12.1 Å². The summed E-state index contributed by atoms with van der Waals surface area (Å²) in [6.45, 7) is 2.78. The van der Waals surface area contributed by atoms with Crippen molar-refractivity contribution in [1.29, 1.82) is 0 Å². The number of benzene rings is 1. The van der Waals surface area contributed by atoms with E-state index in [-0.39, 0.29) is 42.9 Å². The summed E-state index contributed by atoms with van der Waals surface area (Å²) in [5, 5.41) is 9.02. The Morgan fingerprint density at radius 1 is 1.08 bits per heavy atom. The molecule has 5 nitrogen and oxygen atoms in total. The number of carbonyl (C=O) groups is 1. The summed E-state index contributed by atoms with van der Waals surface area (Å²) < 4.78 is 37.5. The number of rotatable bonds is 4. The molecule has 0 bridgehead atoms. The lowest BCUT2D eigenvalue weighted by Gasteiger charge is -2.36. The van der Waals surface area contributed by atoms with Crippen LogP contribution >= 0.6 is 37.2 Å². The van der Waals surface area contributed by atoms with Gasteiger partial charge in [-0.25, -0.2) is 4.79 Å². The summed E-state index contributed by atoms with van der Waals surface area (Å²) in [6, 6.07) is 5.09. The zero-order valence-electron chi connectivity index (χ0n) is 13.6. The van der Waals surface area contributed by atoms with E-state index in [0.29, 0.717) is 32.7 Å². The molecule has 0 radical (unpaired) electrons. The van der Waals surface area contributed by atoms with Crippen LogP contribution in [0.5, 0.6) is 0 Å². The molecule has 3 N–H and O–H groups in total. The van der Waals surface area contributed by atoms with Crippen molar-refractivity contribution in [3.8, 4) is 0 Å². The Hall–Kier alpha value is -1.35. The SMILES string of the molecule is Cl.Cl.Cl.NC=C(C(=O)O)N1CCN(Cc2ccc(C(F)(F)F)cc2)CC1. The number of hydrogen-bond donors (Lipinski definition) is 2. The molecule has 26 heavy (non-hydrogen) atoms. The van der Waals surface area contributed by atoms with E-state index in [0.717, 1.165) is 23.9 Å². The van der Waals surface area contributed by atoms with Gasteiger partial charge in [0.1, 0.15) is 5.70 Å². The van der Waals surface area contributed by atoms with Crippen molar-refractivity contribution < 1.29 is 23.1 Å². The van der Waals surface area contributed by atoms with Crippen molar-refractivity contribution in [2.75, 3.05) is 26.2 Å².